The standard InChI is InChI=1S/C15H20ClNO2S/c1-11(15(18)17-14-7-2-3-8-14)20(19)10-12-5-4-6-13(16)9-12/h4-6,9,11,14H,2-3,7-8,10H2,1H3,(H,17,18)/t11-,20-/m0/s1. The highest BCUT2D eigenvalue weighted by Crippen LogP contribution is 2.18. The van der Waals surface area contributed by atoms with Gasteiger partial charge in [0, 0.05) is 27.6 Å². The van der Waals surface area contributed by atoms with Crippen LogP contribution in [0.5, 0.6) is 0 Å². The van der Waals surface area contributed by atoms with Crippen molar-refractivity contribution in [3.8, 4) is 0 Å². The van der Waals surface area contributed by atoms with E-state index in [-0.39, 0.29) is 11.9 Å². The zero-order valence-electron chi connectivity index (χ0n) is 11.6. The van der Waals surface area contributed by atoms with E-state index < -0.39 is 16.0 Å². The highest BCUT2D eigenvalue weighted by molar-refractivity contribution is 7.85. The summed E-state index contributed by atoms with van der Waals surface area (Å²) in [6.45, 7) is 1.73. The van der Waals surface area contributed by atoms with Gasteiger partial charge in [-0.1, -0.05) is 36.6 Å². The molecular formula is C15H20ClNO2S. The molecule has 0 radical (unpaired) electrons. The summed E-state index contributed by atoms with van der Waals surface area (Å²) in [6.07, 6.45) is 4.43. The van der Waals surface area contributed by atoms with Gasteiger partial charge in [0.2, 0.25) is 5.91 Å². The maximum atomic E-state index is 12.2. The maximum absolute atomic E-state index is 12.2. The zero-order valence-corrected chi connectivity index (χ0v) is 13.2. The summed E-state index contributed by atoms with van der Waals surface area (Å²) in [7, 11) is -1.22. The minimum atomic E-state index is -1.22. The summed E-state index contributed by atoms with van der Waals surface area (Å²) in [5, 5.41) is 3.13. The van der Waals surface area contributed by atoms with Crippen molar-refractivity contribution >= 4 is 28.3 Å². The molecule has 1 fully saturated rings. The molecule has 1 N–H and O–H groups in total. The number of amides is 1. The van der Waals surface area contributed by atoms with E-state index in [1.165, 1.54) is 12.8 Å². The van der Waals surface area contributed by atoms with Gasteiger partial charge in [-0.3, -0.25) is 9.00 Å². The first-order chi connectivity index (χ1) is 9.56. The minimum absolute atomic E-state index is 0.0998. The third kappa shape index (κ3) is 4.32. The Bertz CT molecular complexity index is 500. The molecular weight excluding hydrogens is 294 g/mol. The van der Waals surface area contributed by atoms with Crippen LogP contribution >= 0.6 is 11.6 Å². The molecule has 1 aromatic rings. The monoisotopic (exact) mass is 313 g/mol. The SMILES string of the molecule is C[C@@H](C(=O)NC1CCCC1)[S@@](=O)Cc1cccc(Cl)c1. The number of benzene rings is 1. The Morgan fingerprint density at radius 3 is 2.80 bits per heavy atom. The molecule has 0 saturated heterocycles. The molecule has 1 aliphatic rings. The van der Waals surface area contributed by atoms with Crippen LogP contribution in [-0.2, 0) is 21.3 Å². The van der Waals surface area contributed by atoms with Gasteiger partial charge in [-0.15, -0.1) is 0 Å². The number of hydrogen-bond acceptors (Lipinski definition) is 2. The lowest BCUT2D eigenvalue weighted by Crippen LogP contribution is -2.40. The third-order valence-electron chi connectivity index (χ3n) is 3.66. The molecule has 0 aromatic heterocycles. The van der Waals surface area contributed by atoms with Crippen LogP contribution in [0.1, 0.15) is 38.2 Å². The Labute approximate surface area is 127 Å². The molecule has 5 heteroatoms. The lowest BCUT2D eigenvalue weighted by molar-refractivity contribution is -0.121. The fourth-order valence-corrected chi connectivity index (χ4v) is 3.70. The van der Waals surface area contributed by atoms with Gasteiger partial charge in [-0.25, -0.2) is 0 Å². The van der Waals surface area contributed by atoms with Gasteiger partial charge in [-0.2, -0.15) is 0 Å². The van der Waals surface area contributed by atoms with Crippen molar-refractivity contribution in [1.29, 1.82) is 0 Å². The van der Waals surface area contributed by atoms with Crippen LogP contribution in [0.2, 0.25) is 5.02 Å². The first kappa shape index (κ1) is 15.5. The largest absolute Gasteiger partial charge is 0.352 e. The van der Waals surface area contributed by atoms with E-state index in [0.29, 0.717) is 10.8 Å². The highest BCUT2D eigenvalue weighted by atomic mass is 35.5. The van der Waals surface area contributed by atoms with E-state index in [2.05, 4.69) is 5.32 Å². The van der Waals surface area contributed by atoms with Crippen LogP contribution < -0.4 is 5.32 Å². The molecule has 3 nitrogen and oxygen atoms in total. The number of carbonyl (C=O) groups excluding carboxylic acids is 1. The van der Waals surface area contributed by atoms with Crippen molar-refractivity contribution in [2.24, 2.45) is 0 Å². The molecule has 0 heterocycles. The molecule has 0 bridgehead atoms. The average Bonchev–Trinajstić information content (AvgIpc) is 2.90. The maximum Gasteiger partial charge on any atom is 0.235 e. The van der Waals surface area contributed by atoms with Crippen LogP contribution in [0.3, 0.4) is 0 Å². The minimum Gasteiger partial charge on any atom is -0.352 e. The predicted octanol–water partition coefficient (Wildman–Crippen LogP) is 3.04. The molecule has 2 atom stereocenters. The number of nitrogens with one attached hydrogen (secondary N) is 1. The fourth-order valence-electron chi connectivity index (χ4n) is 2.42. The van der Waals surface area contributed by atoms with Gasteiger partial charge in [-0.05, 0) is 37.5 Å². The number of hydrogen-bond donors (Lipinski definition) is 1. The van der Waals surface area contributed by atoms with Gasteiger partial charge >= 0.3 is 0 Å². The van der Waals surface area contributed by atoms with Crippen molar-refractivity contribution < 1.29 is 9.00 Å². The molecule has 1 aromatic carbocycles. The molecule has 1 amide bonds. The molecule has 0 unspecified atom stereocenters. The molecule has 0 aliphatic heterocycles. The lowest BCUT2D eigenvalue weighted by atomic mass is 10.2. The van der Waals surface area contributed by atoms with Crippen molar-refractivity contribution in [1.82, 2.24) is 5.32 Å². The topological polar surface area (TPSA) is 46.2 Å². The summed E-state index contributed by atoms with van der Waals surface area (Å²) in [6, 6.07) is 7.56. The summed E-state index contributed by atoms with van der Waals surface area (Å²) in [5.74, 6) is 0.261. The third-order valence-corrected chi connectivity index (χ3v) is 5.52. The van der Waals surface area contributed by atoms with Crippen molar-refractivity contribution in [3.63, 3.8) is 0 Å². The van der Waals surface area contributed by atoms with E-state index >= 15 is 0 Å². The van der Waals surface area contributed by atoms with Crippen LogP contribution in [0.25, 0.3) is 0 Å². The van der Waals surface area contributed by atoms with Gasteiger partial charge in [0.05, 0.1) is 0 Å². The molecule has 20 heavy (non-hydrogen) atoms. The van der Waals surface area contributed by atoms with Gasteiger partial charge < -0.3 is 5.32 Å². The van der Waals surface area contributed by atoms with Crippen LogP contribution in [0.15, 0.2) is 24.3 Å². The molecule has 110 valence electrons. The first-order valence-corrected chi connectivity index (χ1v) is 8.74. The van der Waals surface area contributed by atoms with E-state index in [9.17, 15) is 9.00 Å². The zero-order chi connectivity index (χ0) is 14.5. The number of halogens is 1. The Hall–Kier alpha value is -0.870. The van der Waals surface area contributed by atoms with E-state index in [1.807, 2.05) is 12.1 Å². The summed E-state index contributed by atoms with van der Waals surface area (Å²) < 4.78 is 12.2. The van der Waals surface area contributed by atoms with Crippen LogP contribution in [0, 0.1) is 0 Å². The normalized spacial score (nSPS) is 18.7. The Morgan fingerprint density at radius 1 is 1.45 bits per heavy atom. The second kappa shape index (κ2) is 7.23. The van der Waals surface area contributed by atoms with Crippen molar-refractivity contribution in [2.45, 2.75) is 49.7 Å². The smallest absolute Gasteiger partial charge is 0.235 e. The van der Waals surface area contributed by atoms with Gasteiger partial charge in [0.25, 0.3) is 0 Å². The van der Waals surface area contributed by atoms with E-state index in [4.69, 9.17) is 11.6 Å². The first-order valence-electron chi connectivity index (χ1n) is 6.98. The number of rotatable bonds is 5. The predicted molar refractivity (Wildman–Crippen MR) is 83.2 cm³/mol. The highest BCUT2D eigenvalue weighted by Gasteiger charge is 2.24. The fraction of sp³-hybridized carbons (Fsp3) is 0.533. The summed E-state index contributed by atoms with van der Waals surface area (Å²) >= 11 is 5.91. The van der Waals surface area contributed by atoms with Crippen molar-refractivity contribution in [2.75, 3.05) is 0 Å². The Balaban J connectivity index is 1.89. The molecule has 0 spiro atoms. The second-order valence-electron chi connectivity index (χ2n) is 5.29. The van der Waals surface area contributed by atoms with Gasteiger partial charge in [0.15, 0.2) is 0 Å². The van der Waals surface area contributed by atoms with E-state index in [1.54, 1.807) is 19.1 Å². The number of carbonyl (C=O) groups is 1. The second-order valence-corrected chi connectivity index (χ2v) is 7.48. The Morgan fingerprint density at radius 2 is 2.15 bits per heavy atom. The molecule has 2 rings (SSSR count). The van der Waals surface area contributed by atoms with Crippen LogP contribution in [0.4, 0.5) is 0 Å². The molecule has 1 aliphatic carbocycles. The molecule has 1 saturated carbocycles. The lowest BCUT2D eigenvalue weighted by Gasteiger charge is -2.16. The average molecular weight is 314 g/mol. The van der Waals surface area contributed by atoms with Crippen molar-refractivity contribution in [3.05, 3.63) is 34.9 Å². The Kier molecular flexibility index (Phi) is 5.61. The van der Waals surface area contributed by atoms with Crippen LogP contribution in [-0.4, -0.2) is 21.4 Å². The summed E-state index contributed by atoms with van der Waals surface area (Å²) in [5.41, 5.74) is 0.899. The van der Waals surface area contributed by atoms with Gasteiger partial charge in [0.1, 0.15) is 5.25 Å². The summed E-state index contributed by atoms with van der Waals surface area (Å²) in [4.78, 5) is 12.1. The van der Waals surface area contributed by atoms with E-state index in [0.717, 1.165) is 18.4 Å². The quantitative estimate of drug-likeness (QED) is 0.908.